The molecule has 1 aromatic heterocycles. The molecule has 3 aromatic rings. The molecule has 11 heteroatoms. The molecular weight excluding hydrogens is 443 g/mol. The number of halogens is 2. The number of anilines is 1. The second-order valence-corrected chi connectivity index (χ2v) is 9.69. The molecule has 0 spiro atoms. The molecule has 0 radical (unpaired) electrons. The fraction of sp³-hybridized carbons (Fsp3) is 0.350. The Kier molecular flexibility index (Phi) is 6.63. The Balaban J connectivity index is 2.10. The molecule has 31 heavy (non-hydrogen) atoms. The molecule has 8 nitrogen and oxygen atoms in total. The topological polar surface area (TPSA) is 104 Å². The van der Waals surface area contributed by atoms with E-state index in [2.05, 4.69) is 25.3 Å². The lowest BCUT2D eigenvalue weighted by atomic mass is 9.88. The van der Waals surface area contributed by atoms with Crippen molar-refractivity contribution >= 4 is 27.3 Å². The van der Waals surface area contributed by atoms with Crippen molar-refractivity contribution in [2.45, 2.75) is 37.6 Å². The molecule has 2 N–H and O–H groups in total. The minimum absolute atomic E-state index is 0.0315. The van der Waals surface area contributed by atoms with Crippen molar-refractivity contribution in [2.24, 2.45) is 0 Å². The molecule has 166 valence electrons. The first-order chi connectivity index (χ1) is 14.5. The van der Waals surface area contributed by atoms with Crippen LogP contribution in [0.25, 0.3) is 0 Å². The quantitative estimate of drug-likeness (QED) is 0.552. The van der Waals surface area contributed by atoms with Crippen molar-refractivity contribution in [3.63, 3.8) is 0 Å². The van der Waals surface area contributed by atoms with Gasteiger partial charge in [0.15, 0.2) is 5.82 Å². The van der Waals surface area contributed by atoms with Gasteiger partial charge in [0.05, 0.1) is 11.7 Å². The number of aryl methyl sites for hydroxylation is 1. The zero-order chi connectivity index (χ0) is 22.9. The van der Waals surface area contributed by atoms with Gasteiger partial charge in [0.1, 0.15) is 10.7 Å². The van der Waals surface area contributed by atoms with E-state index in [9.17, 15) is 12.8 Å². The van der Waals surface area contributed by atoms with Crippen LogP contribution in [0, 0.1) is 19.7 Å². The van der Waals surface area contributed by atoms with Crippen LogP contribution in [-0.2, 0) is 10.0 Å². The average molecular weight is 467 g/mol. The van der Waals surface area contributed by atoms with E-state index >= 15 is 0 Å². The molecule has 0 fully saturated rings. The summed E-state index contributed by atoms with van der Waals surface area (Å²) < 4.78 is 44.2. The zero-order valence-corrected chi connectivity index (χ0v) is 19.4. The average Bonchev–Trinajstić information content (AvgIpc) is 3.23. The zero-order valence-electron chi connectivity index (χ0n) is 17.8. The van der Waals surface area contributed by atoms with Crippen molar-refractivity contribution in [2.75, 3.05) is 19.0 Å². The van der Waals surface area contributed by atoms with Crippen LogP contribution in [-0.4, -0.2) is 43.1 Å². The summed E-state index contributed by atoms with van der Waals surface area (Å²) >= 11 is 6.06. The Bertz CT molecular complexity index is 1180. The highest BCUT2D eigenvalue weighted by Crippen LogP contribution is 2.36. The maximum Gasteiger partial charge on any atom is 0.243 e. The summed E-state index contributed by atoms with van der Waals surface area (Å²) in [6.07, 6.45) is 0. The van der Waals surface area contributed by atoms with Crippen LogP contribution in [0.4, 0.5) is 10.1 Å². The molecule has 2 atom stereocenters. The lowest BCUT2D eigenvalue weighted by Crippen LogP contribution is -2.34. The summed E-state index contributed by atoms with van der Waals surface area (Å²) in [6, 6.07) is 6.58. The fourth-order valence-electron chi connectivity index (χ4n) is 3.51. The Morgan fingerprint density at radius 3 is 2.52 bits per heavy atom. The van der Waals surface area contributed by atoms with Gasteiger partial charge in [-0.05, 0) is 54.8 Å². The van der Waals surface area contributed by atoms with Crippen molar-refractivity contribution < 1.29 is 12.8 Å². The van der Waals surface area contributed by atoms with Gasteiger partial charge in [-0.15, -0.1) is 10.2 Å². The summed E-state index contributed by atoms with van der Waals surface area (Å²) in [6.45, 7) is 5.40. The minimum atomic E-state index is -4.06. The van der Waals surface area contributed by atoms with Gasteiger partial charge in [-0.3, -0.25) is 0 Å². The van der Waals surface area contributed by atoms with Crippen LogP contribution < -0.4 is 9.62 Å². The Hall–Kier alpha value is -2.56. The first-order valence-electron chi connectivity index (χ1n) is 9.51. The van der Waals surface area contributed by atoms with Crippen molar-refractivity contribution in [1.29, 1.82) is 0 Å². The second kappa shape index (κ2) is 8.89. The highest BCUT2D eigenvalue weighted by Gasteiger charge is 2.33. The largest absolute Gasteiger partial charge is 0.377 e. The molecule has 1 heterocycles. The highest BCUT2D eigenvalue weighted by atomic mass is 35.5. The van der Waals surface area contributed by atoms with Gasteiger partial charge in [-0.2, -0.15) is 9.94 Å². The predicted molar refractivity (Wildman–Crippen MR) is 117 cm³/mol. The van der Waals surface area contributed by atoms with E-state index < -0.39 is 27.8 Å². The molecule has 3 rings (SSSR count). The van der Waals surface area contributed by atoms with Crippen LogP contribution >= 0.6 is 11.6 Å². The lowest BCUT2D eigenvalue weighted by molar-refractivity contribution is 0.478. The molecule has 0 aliphatic carbocycles. The molecule has 0 unspecified atom stereocenters. The molecule has 0 saturated carbocycles. The number of aromatic nitrogens is 4. The standard InChI is InChI=1S/C20H24ClFN6O2S/c1-11-6-8-15(22)18(12(11)2)13(3)19(20-23-26-27-24-20)25-31(29,30)17-9-7-14(21)10-16(17)28(4)5/h6-10,13,19,25H,1-5H3,(H,23,24,26,27)/t13-,19+/m0/s1. The fourth-order valence-corrected chi connectivity index (χ4v) is 5.21. The van der Waals surface area contributed by atoms with E-state index in [0.29, 0.717) is 16.3 Å². The van der Waals surface area contributed by atoms with Gasteiger partial charge in [0.25, 0.3) is 0 Å². The number of sulfonamides is 1. The molecular formula is C20H24ClFN6O2S. The SMILES string of the molecule is Cc1ccc(F)c([C@H](C)[C@@H](NS(=O)(=O)c2ccc(Cl)cc2N(C)C)c2nn[nH]n2)c1C. The van der Waals surface area contributed by atoms with Crippen LogP contribution in [0.2, 0.25) is 5.02 Å². The van der Waals surface area contributed by atoms with E-state index in [1.54, 1.807) is 45.0 Å². The van der Waals surface area contributed by atoms with E-state index in [1.807, 2.05) is 6.92 Å². The van der Waals surface area contributed by atoms with Gasteiger partial charge >= 0.3 is 0 Å². The lowest BCUT2D eigenvalue weighted by Gasteiger charge is -2.26. The first kappa shape index (κ1) is 23.1. The molecule has 0 aliphatic heterocycles. The number of hydrogen-bond donors (Lipinski definition) is 2. The third-order valence-electron chi connectivity index (χ3n) is 5.30. The smallest absolute Gasteiger partial charge is 0.243 e. The number of H-pyrrole nitrogens is 1. The number of rotatable bonds is 7. The monoisotopic (exact) mass is 466 g/mol. The molecule has 2 aromatic carbocycles. The maximum absolute atomic E-state index is 14.8. The van der Waals surface area contributed by atoms with E-state index in [1.165, 1.54) is 18.2 Å². The Morgan fingerprint density at radius 1 is 1.19 bits per heavy atom. The van der Waals surface area contributed by atoms with E-state index in [4.69, 9.17) is 11.6 Å². The molecule has 0 saturated heterocycles. The van der Waals surface area contributed by atoms with Crippen molar-refractivity contribution in [1.82, 2.24) is 25.3 Å². The van der Waals surface area contributed by atoms with Crippen LogP contribution in [0.3, 0.4) is 0 Å². The maximum atomic E-state index is 14.8. The number of nitrogens with zero attached hydrogens (tertiary/aromatic N) is 4. The number of benzene rings is 2. The van der Waals surface area contributed by atoms with Gasteiger partial charge in [-0.25, -0.2) is 12.8 Å². The number of tetrazole rings is 1. The minimum Gasteiger partial charge on any atom is -0.377 e. The van der Waals surface area contributed by atoms with Gasteiger partial charge < -0.3 is 4.90 Å². The molecule has 0 bridgehead atoms. The normalized spacial score (nSPS) is 13.8. The molecule has 0 aliphatic rings. The van der Waals surface area contributed by atoms with Crippen molar-refractivity contribution in [3.05, 3.63) is 63.7 Å². The number of nitrogens with one attached hydrogen (secondary N) is 2. The summed E-state index contributed by atoms with van der Waals surface area (Å²) in [5.41, 5.74) is 2.44. The third kappa shape index (κ3) is 4.70. The second-order valence-electron chi connectivity index (χ2n) is 7.57. The Labute approximate surface area is 185 Å². The highest BCUT2D eigenvalue weighted by molar-refractivity contribution is 7.89. The van der Waals surface area contributed by atoms with Crippen LogP contribution in [0.1, 0.15) is 41.4 Å². The van der Waals surface area contributed by atoms with Gasteiger partial charge in [0.2, 0.25) is 10.0 Å². The summed E-state index contributed by atoms with van der Waals surface area (Å²) in [5.74, 6) is -0.942. The van der Waals surface area contributed by atoms with Gasteiger partial charge in [-0.1, -0.05) is 29.8 Å². The molecule has 0 amide bonds. The van der Waals surface area contributed by atoms with Crippen molar-refractivity contribution in [3.8, 4) is 0 Å². The van der Waals surface area contributed by atoms with Crippen LogP contribution in [0.15, 0.2) is 35.2 Å². The van der Waals surface area contributed by atoms with E-state index in [-0.39, 0.29) is 10.7 Å². The Morgan fingerprint density at radius 2 is 1.90 bits per heavy atom. The predicted octanol–water partition coefficient (Wildman–Crippen LogP) is 3.50. The van der Waals surface area contributed by atoms with E-state index in [0.717, 1.165) is 11.1 Å². The number of aromatic amines is 1. The summed E-state index contributed by atoms with van der Waals surface area (Å²) in [4.78, 5) is 1.68. The third-order valence-corrected chi connectivity index (χ3v) is 7.03. The first-order valence-corrected chi connectivity index (χ1v) is 11.4. The summed E-state index contributed by atoms with van der Waals surface area (Å²) in [7, 11) is -0.626. The number of hydrogen-bond acceptors (Lipinski definition) is 6. The summed E-state index contributed by atoms with van der Waals surface area (Å²) in [5, 5.41) is 14.2. The van der Waals surface area contributed by atoms with Gasteiger partial charge in [0, 0.05) is 25.0 Å². The van der Waals surface area contributed by atoms with Crippen LogP contribution in [0.5, 0.6) is 0 Å².